The third kappa shape index (κ3) is 4.03. The number of allylic oxidation sites excluding steroid dienone is 5. The van der Waals surface area contributed by atoms with Crippen molar-refractivity contribution in [3.05, 3.63) is 64.6 Å². The number of piperidine rings is 1. The minimum atomic E-state index is -0.693. The van der Waals surface area contributed by atoms with E-state index >= 15 is 0 Å². The lowest BCUT2D eigenvalue weighted by Crippen LogP contribution is -2.42. The Morgan fingerprint density at radius 1 is 1.29 bits per heavy atom. The molecule has 0 atom stereocenters. The minimum absolute atomic E-state index is 0.220. The van der Waals surface area contributed by atoms with E-state index in [1.54, 1.807) is 13.1 Å². The number of fused-ring (bicyclic) bond motifs is 1. The second-order valence-electron chi connectivity index (χ2n) is 8.09. The summed E-state index contributed by atoms with van der Waals surface area (Å²) in [6.45, 7) is 2.11. The van der Waals surface area contributed by atoms with Crippen LogP contribution in [0.3, 0.4) is 0 Å². The number of benzene rings is 1. The van der Waals surface area contributed by atoms with Crippen LogP contribution in [0.1, 0.15) is 12.8 Å². The molecule has 1 aliphatic carbocycles. The first kappa shape index (κ1) is 21.0. The number of nitrogens with zero attached hydrogens (tertiary/aromatic N) is 4. The van der Waals surface area contributed by atoms with Gasteiger partial charge in [0.1, 0.15) is 6.33 Å². The summed E-state index contributed by atoms with van der Waals surface area (Å²) in [4.78, 5) is 22.3. The molecule has 1 saturated heterocycles. The number of hydrogen-bond acceptors (Lipinski definition) is 6. The Kier molecular flexibility index (Phi) is 5.73. The van der Waals surface area contributed by atoms with Crippen LogP contribution in [-0.4, -0.2) is 60.4 Å². The molecule has 0 radical (unpaired) electrons. The van der Waals surface area contributed by atoms with Crippen molar-refractivity contribution >= 4 is 28.0 Å². The van der Waals surface area contributed by atoms with Gasteiger partial charge in [0.25, 0.3) is 5.56 Å². The van der Waals surface area contributed by atoms with Gasteiger partial charge in [-0.2, -0.15) is 0 Å². The van der Waals surface area contributed by atoms with Gasteiger partial charge in [-0.25, -0.2) is 9.37 Å². The van der Waals surface area contributed by atoms with Crippen molar-refractivity contribution < 1.29 is 4.39 Å². The van der Waals surface area contributed by atoms with E-state index in [0.717, 1.165) is 31.6 Å². The standard InChI is InChI=1S/C23H27FN6O/c1-26-13-15-10-18(12-20(24)22(15)25)30-14-27-21-5-4-17(11-19(21)23(30)31)29(3)16-6-8-28(2)9-7-16/h4-5,10-14,16,25-26H,6-9H2,1-3H3/b15-13-,25-22?. The highest BCUT2D eigenvalue weighted by molar-refractivity contribution is 6.14. The molecule has 0 amide bonds. The molecule has 2 N–H and O–H groups in total. The van der Waals surface area contributed by atoms with Gasteiger partial charge in [0.2, 0.25) is 0 Å². The predicted molar refractivity (Wildman–Crippen MR) is 123 cm³/mol. The lowest BCUT2D eigenvalue weighted by Gasteiger charge is -2.36. The van der Waals surface area contributed by atoms with Crippen molar-refractivity contribution in [1.82, 2.24) is 19.8 Å². The first-order valence-electron chi connectivity index (χ1n) is 10.4. The van der Waals surface area contributed by atoms with Gasteiger partial charge in [0, 0.05) is 43.7 Å². The molecule has 162 valence electrons. The molecular weight excluding hydrogens is 395 g/mol. The molecule has 0 saturated carbocycles. The molecule has 1 aromatic heterocycles. The van der Waals surface area contributed by atoms with Gasteiger partial charge in [0.05, 0.1) is 22.3 Å². The van der Waals surface area contributed by atoms with E-state index in [-0.39, 0.29) is 11.3 Å². The van der Waals surface area contributed by atoms with Crippen molar-refractivity contribution in [1.29, 1.82) is 5.41 Å². The quantitative estimate of drug-likeness (QED) is 0.792. The predicted octanol–water partition coefficient (Wildman–Crippen LogP) is 2.76. The van der Waals surface area contributed by atoms with Crippen LogP contribution in [0.25, 0.3) is 16.6 Å². The molecule has 2 aliphatic rings. The van der Waals surface area contributed by atoms with Gasteiger partial charge in [-0.3, -0.25) is 14.8 Å². The maximum atomic E-state index is 14.3. The van der Waals surface area contributed by atoms with Gasteiger partial charge in [0.15, 0.2) is 5.83 Å². The Morgan fingerprint density at radius 2 is 2.03 bits per heavy atom. The summed E-state index contributed by atoms with van der Waals surface area (Å²) >= 11 is 0. The SMILES string of the molecule is CN/C=C1/C=C(n2cnc3ccc(N(C)C4CCN(C)CC4)cc3c2=O)C=C(F)C1=N. The van der Waals surface area contributed by atoms with Gasteiger partial charge in [-0.1, -0.05) is 0 Å². The molecule has 0 unspecified atom stereocenters. The molecule has 0 spiro atoms. The van der Waals surface area contributed by atoms with E-state index in [9.17, 15) is 9.18 Å². The second kappa shape index (κ2) is 8.47. The Hall–Kier alpha value is -3.26. The fourth-order valence-corrected chi connectivity index (χ4v) is 4.13. The highest BCUT2D eigenvalue weighted by Crippen LogP contribution is 2.25. The maximum absolute atomic E-state index is 14.3. The molecule has 1 aromatic carbocycles. The van der Waals surface area contributed by atoms with Crippen molar-refractivity contribution in [2.24, 2.45) is 0 Å². The molecule has 1 fully saturated rings. The third-order valence-corrected chi connectivity index (χ3v) is 6.07. The van der Waals surface area contributed by atoms with Gasteiger partial charge < -0.3 is 15.1 Å². The first-order chi connectivity index (χ1) is 14.9. The molecular formula is C23H27FN6O. The zero-order chi connectivity index (χ0) is 22.1. The van der Waals surface area contributed by atoms with E-state index in [4.69, 9.17) is 5.41 Å². The summed E-state index contributed by atoms with van der Waals surface area (Å²) in [7, 11) is 5.88. The lowest BCUT2D eigenvalue weighted by atomic mass is 10.0. The molecule has 31 heavy (non-hydrogen) atoms. The van der Waals surface area contributed by atoms with E-state index in [1.165, 1.54) is 23.2 Å². The topological polar surface area (TPSA) is 77.2 Å². The molecule has 4 rings (SSSR count). The van der Waals surface area contributed by atoms with Crippen LogP contribution in [0.5, 0.6) is 0 Å². The van der Waals surface area contributed by atoms with E-state index < -0.39 is 5.83 Å². The molecule has 2 aromatic rings. The van der Waals surface area contributed by atoms with Crippen LogP contribution in [-0.2, 0) is 0 Å². The number of halogens is 1. The van der Waals surface area contributed by atoms with Crippen LogP contribution in [0.15, 0.2) is 59.1 Å². The first-order valence-corrected chi connectivity index (χ1v) is 10.4. The highest BCUT2D eigenvalue weighted by atomic mass is 19.1. The second-order valence-corrected chi connectivity index (χ2v) is 8.09. The summed E-state index contributed by atoms with van der Waals surface area (Å²) in [5.74, 6) is -0.693. The van der Waals surface area contributed by atoms with Crippen LogP contribution in [0, 0.1) is 5.41 Å². The third-order valence-electron chi connectivity index (χ3n) is 6.07. The number of aromatic nitrogens is 2. The van der Waals surface area contributed by atoms with Crippen molar-refractivity contribution in [2.75, 3.05) is 39.1 Å². The van der Waals surface area contributed by atoms with E-state index in [2.05, 4.69) is 34.2 Å². The monoisotopic (exact) mass is 422 g/mol. The average molecular weight is 423 g/mol. The lowest BCUT2D eigenvalue weighted by molar-refractivity contribution is 0.253. The average Bonchev–Trinajstić information content (AvgIpc) is 2.77. The number of hydrogen-bond donors (Lipinski definition) is 2. The molecule has 8 heteroatoms. The largest absolute Gasteiger partial charge is 0.393 e. The fourth-order valence-electron chi connectivity index (χ4n) is 4.13. The number of anilines is 1. The Labute approximate surface area is 180 Å². The Balaban J connectivity index is 1.73. The normalized spacial score (nSPS) is 19.5. The van der Waals surface area contributed by atoms with Crippen LogP contribution in [0.4, 0.5) is 10.1 Å². The van der Waals surface area contributed by atoms with Crippen molar-refractivity contribution in [2.45, 2.75) is 18.9 Å². The summed E-state index contributed by atoms with van der Waals surface area (Å²) in [5.41, 5.74) is 1.78. The Bertz CT molecular complexity index is 1170. The smallest absolute Gasteiger partial charge is 0.265 e. The summed E-state index contributed by atoms with van der Waals surface area (Å²) in [5, 5.41) is 11.2. The number of likely N-dealkylation sites (tertiary alicyclic amines) is 1. The summed E-state index contributed by atoms with van der Waals surface area (Å²) in [6, 6.07) is 6.14. The van der Waals surface area contributed by atoms with E-state index in [1.807, 2.05) is 18.2 Å². The van der Waals surface area contributed by atoms with Crippen LogP contribution in [0.2, 0.25) is 0 Å². The zero-order valence-electron chi connectivity index (χ0n) is 18.0. The highest BCUT2D eigenvalue weighted by Gasteiger charge is 2.22. The van der Waals surface area contributed by atoms with E-state index in [0.29, 0.717) is 28.2 Å². The summed E-state index contributed by atoms with van der Waals surface area (Å²) in [6.07, 6.45) is 7.89. The molecule has 1 aliphatic heterocycles. The molecule has 2 heterocycles. The van der Waals surface area contributed by atoms with Crippen molar-refractivity contribution in [3.8, 4) is 0 Å². The fraction of sp³-hybridized carbons (Fsp3) is 0.348. The molecule has 0 bridgehead atoms. The van der Waals surface area contributed by atoms with Gasteiger partial charge >= 0.3 is 0 Å². The maximum Gasteiger partial charge on any atom is 0.265 e. The summed E-state index contributed by atoms with van der Waals surface area (Å²) < 4.78 is 15.6. The van der Waals surface area contributed by atoms with Gasteiger partial charge in [-0.05, 0) is 57.3 Å². The van der Waals surface area contributed by atoms with Crippen LogP contribution < -0.4 is 15.8 Å². The van der Waals surface area contributed by atoms with Crippen molar-refractivity contribution in [3.63, 3.8) is 0 Å². The molecule has 7 nitrogen and oxygen atoms in total. The van der Waals surface area contributed by atoms with Gasteiger partial charge in [-0.15, -0.1) is 0 Å². The zero-order valence-corrected chi connectivity index (χ0v) is 18.0. The number of rotatable bonds is 4. The van der Waals surface area contributed by atoms with Crippen LogP contribution >= 0.6 is 0 Å². The Morgan fingerprint density at radius 3 is 2.74 bits per heavy atom. The number of nitrogens with one attached hydrogen (secondary N) is 2. The minimum Gasteiger partial charge on any atom is -0.393 e.